The van der Waals surface area contributed by atoms with Crippen molar-refractivity contribution >= 4 is 17.6 Å². The molecular weight excluding hydrogens is 222 g/mol. The number of guanidine groups is 2. The molecule has 7 heteroatoms. The number of nitrogens with zero attached hydrogens (tertiary/aromatic N) is 1. The Morgan fingerprint density at radius 1 is 1.35 bits per heavy atom. The highest BCUT2D eigenvalue weighted by molar-refractivity contribution is 6.03. The maximum atomic E-state index is 7.68. The Bertz CT molecular complexity index is 474. The second kappa shape index (κ2) is 4.20. The normalized spacial score (nSPS) is 12.1. The van der Waals surface area contributed by atoms with Crippen molar-refractivity contribution in [1.82, 2.24) is 5.32 Å². The summed E-state index contributed by atoms with van der Waals surface area (Å²) in [5.74, 6) is 1.07. The second-order valence-electron chi connectivity index (χ2n) is 3.48. The zero-order valence-corrected chi connectivity index (χ0v) is 9.28. The summed E-state index contributed by atoms with van der Waals surface area (Å²) in [6.45, 7) is 0.214. The molecule has 0 spiro atoms. The van der Waals surface area contributed by atoms with Gasteiger partial charge in [-0.05, 0) is 12.1 Å². The van der Waals surface area contributed by atoms with Gasteiger partial charge in [0.1, 0.15) is 0 Å². The zero-order valence-electron chi connectivity index (χ0n) is 9.28. The third kappa shape index (κ3) is 2.22. The molecule has 0 saturated carbocycles. The second-order valence-corrected chi connectivity index (χ2v) is 3.48. The van der Waals surface area contributed by atoms with E-state index in [1.54, 1.807) is 30.1 Å². The summed E-state index contributed by atoms with van der Waals surface area (Å²) in [5, 5.41) is 17.1. The van der Waals surface area contributed by atoms with Crippen molar-refractivity contribution in [3.05, 3.63) is 18.2 Å². The molecule has 0 aromatic heterocycles. The van der Waals surface area contributed by atoms with E-state index in [2.05, 4.69) is 5.32 Å². The van der Waals surface area contributed by atoms with Crippen LogP contribution in [-0.4, -0.2) is 25.8 Å². The summed E-state index contributed by atoms with van der Waals surface area (Å²) < 4.78 is 10.4. The highest BCUT2D eigenvalue weighted by Crippen LogP contribution is 2.35. The highest BCUT2D eigenvalue weighted by atomic mass is 16.7. The summed E-state index contributed by atoms with van der Waals surface area (Å²) in [5.41, 5.74) is 5.90. The van der Waals surface area contributed by atoms with Gasteiger partial charge < -0.3 is 20.1 Å². The molecule has 0 saturated heterocycles. The molecule has 5 N–H and O–H groups in total. The van der Waals surface area contributed by atoms with Gasteiger partial charge in [0.15, 0.2) is 17.5 Å². The van der Waals surface area contributed by atoms with Gasteiger partial charge in [-0.1, -0.05) is 0 Å². The quantitative estimate of drug-likeness (QED) is 0.413. The highest BCUT2D eigenvalue weighted by Gasteiger charge is 2.16. The Morgan fingerprint density at radius 3 is 2.76 bits per heavy atom. The first kappa shape index (κ1) is 11.1. The average Bonchev–Trinajstić information content (AvgIpc) is 2.73. The minimum atomic E-state index is -0.275. The monoisotopic (exact) mass is 235 g/mol. The number of fused-ring (bicyclic) bond motifs is 1. The van der Waals surface area contributed by atoms with Crippen molar-refractivity contribution in [2.24, 2.45) is 5.73 Å². The molecule has 1 aliphatic rings. The lowest BCUT2D eigenvalue weighted by atomic mass is 10.2. The first-order chi connectivity index (χ1) is 8.08. The van der Waals surface area contributed by atoms with Crippen molar-refractivity contribution in [1.29, 1.82) is 10.8 Å². The van der Waals surface area contributed by atoms with Gasteiger partial charge in [0.2, 0.25) is 12.8 Å². The smallest absolute Gasteiger partial charge is 0.231 e. The maximum Gasteiger partial charge on any atom is 0.231 e. The van der Waals surface area contributed by atoms with Crippen LogP contribution in [0.3, 0.4) is 0 Å². The van der Waals surface area contributed by atoms with Crippen molar-refractivity contribution in [2.75, 3.05) is 18.7 Å². The van der Waals surface area contributed by atoms with Crippen LogP contribution >= 0.6 is 0 Å². The fraction of sp³-hybridized carbons (Fsp3) is 0.200. The fourth-order valence-corrected chi connectivity index (χ4v) is 1.43. The maximum absolute atomic E-state index is 7.68. The number of nitrogens with two attached hydrogens (primary N) is 1. The summed E-state index contributed by atoms with van der Waals surface area (Å²) in [7, 11) is 1.69. The molecule has 90 valence electrons. The van der Waals surface area contributed by atoms with Gasteiger partial charge in [0.05, 0.1) is 0 Å². The third-order valence-electron chi connectivity index (χ3n) is 2.33. The number of hydrogen-bond donors (Lipinski definition) is 4. The average molecular weight is 235 g/mol. The molecule has 1 aromatic rings. The van der Waals surface area contributed by atoms with Crippen LogP contribution in [0.15, 0.2) is 18.2 Å². The molecule has 1 aliphatic heterocycles. The Hall–Kier alpha value is -2.44. The molecular formula is C10H13N5O2. The SMILES string of the molecule is CN(C(=N)NC(=N)N)c1ccc2c(c1)OCO2. The Balaban J connectivity index is 2.17. The summed E-state index contributed by atoms with van der Waals surface area (Å²) >= 11 is 0. The minimum absolute atomic E-state index is 0.0105. The molecule has 1 heterocycles. The number of benzene rings is 1. The minimum Gasteiger partial charge on any atom is -0.454 e. The topological polar surface area (TPSA) is 107 Å². The lowest BCUT2D eigenvalue weighted by Crippen LogP contribution is -2.44. The number of anilines is 1. The van der Waals surface area contributed by atoms with E-state index in [1.165, 1.54) is 0 Å². The Labute approximate surface area is 98.1 Å². The fourth-order valence-electron chi connectivity index (χ4n) is 1.43. The molecule has 2 rings (SSSR count). The molecule has 7 nitrogen and oxygen atoms in total. The lowest BCUT2D eigenvalue weighted by Gasteiger charge is -2.20. The van der Waals surface area contributed by atoms with E-state index in [9.17, 15) is 0 Å². The number of hydrogen-bond acceptors (Lipinski definition) is 4. The zero-order chi connectivity index (χ0) is 12.4. The van der Waals surface area contributed by atoms with Gasteiger partial charge >= 0.3 is 0 Å². The van der Waals surface area contributed by atoms with Gasteiger partial charge in [-0.2, -0.15) is 0 Å². The van der Waals surface area contributed by atoms with E-state index >= 15 is 0 Å². The molecule has 0 atom stereocenters. The molecule has 0 aliphatic carbocycles. The Morgan fingerprint density at radius 2 is 2.06 bits per heavy atom. The van der Waals surface area contributed by atoms with Crippen LogP contribution < -0.4 is 25.4 Å². The van der Waals surface area contributed by atoms with Crippen molar-refractivity contribution < 1.29 is 9.47 Å². The van der Waals surface area contributed by atoms with Crippen molar-refractivity contribution in [3.63, 3.8) is 0 Å². The first-order valence-electron chi connectivity index (χ1n) is 4.91. The molecule has 0 unspecified atom stereocenters. The largest absolute Gasteiger partial charge is 0.454 e. The van der Waals surface area contributed by atoms with E-state index in [0.29, 0.717) is 11.5 Å². The van der Waals surface area contributed by atoms with Crippen molar-refractivity contribution in [3.8, 4) is 11.5 Å². The number of ether oxygens (including phenoxy) is 2. The van der Waals surface area contributed by atoms with Crippen LogP contribution in [0, 0.1) is 10.8 Å². The predicted octanol–water partition coefficient (Wildman–Crippen LogP) is 0.269. The molecule has 0 fully saturated rings. The van der Waals surface area contributed by atoms with E-state index < -0.39 is 0 Å². The molecule has 0 bridgehead atoms. The van der Waals surface area contributed by atoms with Crippen LogP contribution in [0.2, 0.25) is 0 Å². The van der Waals surface area contributed by atoms with E-state index in [-0.39, 0.29) is 18.7 Å². The summed E-state index contributed by atoms with van der Waals surface area (Å²) in [6, 6.07) is 5.33. The summed E-state index contributed by atoms with van der Waals surface area (Å²) in [4.78, 5) is 1.54. The molecule has 17 heavy (non-hydrogen) atoms. The van der Waals surface area contributed by atoms with Gasteiger partial charge in [0, 0.05) is 18.8 Å². The van der Waals surface area contributed by atoms with Gasteiger partial charge in [-0.25, -0.2) is 0 Å². The molecule has 0 amide bonds. The van der Waals surface area contributed by atoms with Crippen LogP contribution in [0.4, 0.5) is 5.69 Å². The van der Waals surface area contributed by atoms with Crippen molar-refractivity contribution in [2.45, 2.75) is 0 Å². The standard InChI is InChI=1S/C10H13N5O2/c1-15(10(13)14-9(11)12)6-2-3-7-8(4-6)17-5-16-7/h2-4H,5H2,1H3,(H5,11,12,13,14). The van der Waals surface area contributed by atoms with E-state index in [0.717, 1.165) is 5.69 Å². The van der Waals surface area contributed by atoms with Gasteiger partial charge in [0.25, 0.3) is 0 Å². The van der Waals surface area contributed by atoms with E-state index in [1.807, 2.05) is 0 Å². The molecule has 1 aromatic carbocycles. The Kier molecular flexibility index (Phi) is 2.73. The first-order valence-corrected chi connectivity index (χ1v) is 4.91. The van der Waals surface area contributed by atoms with Crippen LogP contribution in [0.5, 0.6) is 11.5 Å². The lowest BCUT2D eigenvalue weighted by molar-refractivity contribution is 0.174. The van der Waals surface area contributed by atoms with E-state index in [4.69, 9.17) is 26.0 Å². The molecule has 0 radical (unpaired) electrons. The van der Waals surface area contributed by atoms with Crippen LogP contribution in [0.1, 0.15) is 0 Å². The third-order valence-corrected chi connectivity index (χ3v) is 2.33. The van der Waals surface area contributed by atoms with Gasteiger partial charge in [-0.3, -0.25) is 16.1 Å². The number of nitrogens with one attached hydrogen (secondary N) is 3. The predicted molar refractivity (Wildman–Crippen MR) is 63.7 cm³/mol. The van der Waals surface area contributed by atoms with Crippen LogP contribution in [-0.2, 0) is 0 Å². The number of rotatable bonds is 1. The summed E-state index contributed by atoms with van der Waals surface area (Å²) in [6.07, 6.45) is 0. The van der Waals surface area contributed by atoms with Gasteiger partial charge in [-0.15, -0.1) is 0 Å². The van der Waals surface area contributed by atoms with Crippen LogP contribution in [0.25, 0.3) is 0 Å².